The fraction of sp³-hybridized carbons (Fsp3) is 0.429. The normalized spacial score (nSPS) is 28.0. The van der Waals surface area contributed by atoms with Gasteiger partial charge in [-0.1, -0.05) is 18.2 Å². The fourth-order valence-corrected chi connectivity index (χ4v) is 6.67. The molecule has 0 bridgehead atoms. The number of aliphatic hydroxyl groups is 1. The maximum atomic E-state index is 15.0. The van der Waals surface area contributed by atoms with Crippen LogP contribution in [0.4, 0.5) is 22.0 Å². The number of sulfone groups is 1. The zero-order chi connectivity index (χ0) is 30.1. The summed E-state index contributed by atoms with van der Waals surface area (Å²) in [7, 11) is -3.63. The number of benzene rings is 2. The van der Waals surface area contributed by atoms with Crippen molar-refractivity contribution in [1.82, 2.24) is 10.2 Å². The molecule has 0 radical (unpaired) electrons. The van der Waals surface area contributed by atoms with Gasteiger partial charge < -0.3 is 15.3 Å². The Balaban J connectivity index is 1.46. The second-order valence-electron chi connectivity index (χ2n) is 11.3. The molecular weight excluding hydrogens is 571 g/mol. The van der Waals surface area contributed by atoms with Crippen molar-refractivity contribution in [2.75, 3.05) is 6.26 Å². The van der Waals surface area contributed by atoms with Crippen molar-refractivity contribution < 1.29 is 45.1 Å². The van der Waals surface area contributed by atoms with Crippen LogP contribution in [0.2, 0.25) is 0 Å². The smallest absolute Gasteiger partial charge is 0.390 e. The summed E-state index contributed by atoms with van der Waals surface area (Å²) >= 11 is 0. The van der Waals surface area contributed by atoms with E-state index in [-0.39, 0.29) is 41.7 Å². The number of alkyl halides is 3. The standard InChI is InChI=1S/C28H27F5N2O5S/c1-27(38)12-16(13-27)24(18-10-21(30)19(11-20(18)29)28(31,32)33)34-25(36)23-9-14-6-7-22(14)35(23)26(37)15-4-3-5-17(8-15)41(2,39)40/h3-8,10-11,14,16,22-24,38H,9,12-13H2,1-2H3,(H,34,36)/t14-,16?,22-,23-,24-,27?/m1/s1. The summed E-state index contributed by atoms with van der Waals surface area (Å²) in [6.07, 6.45) is -0.263. The largest absolute Gasteiger partial charge is 0.419 e. The summed E-state index contributed by atoms with van der Waals surface area (Å²) in [4.78, 5) is 28.5. The van der Waals surface area contributed by atoms with Gasteiger partial charge in [-0.25, -0.2) is 17.2 Å². The molecule has 1 saturated carbocycles. The number of nitrogens with one attached hydrogen (secondary N) is 1. The Bertz CT molecular complexity index is 1550. The fourth-order valence-electron chi connectivity index (χ4n) is 6.01. The SMILES string of the molecule is CC1(O)CC([C@@H](NC(=O)[C@H]2C[C@H]3C=C[C@H]3N2C(=O)c2cccc(S(C)(=O)=O)c2)c2cc(F)c(C(F)(F)F)cc2F)C1. The highest BCUT2D eigenvalue weighted by atomic mass is 32.2. The number of carbonyl (C=O) groups excluding carboxylic acids is 2. The number of hydrogen-bond donors (Lipinski definition) is 2. The topological polar surface area (TPSA) is 104 Å². The van der Waals surface area contributed by atoms with Crippen LogP contribution >= 0.6 is 0 Å². The van der Waals surface area contributed by atoms with Crippen LogP contribution in [-0.2, 0) is 20.8 Å². The van der Waals surface area contributed by atoms with E-state index < -0.39 is 80.2 Å². The van der Waals surface area contributed by atoms with E-state index >= 15 is 4.39 Å². The van der Waals surface area contributed by atoms with Gasteiger partial charge in [0.2, 0.25) is 5.91 Å². The van der Waals surface area contributed by atoms with Gasteiger partial charge in [0.05, 0.1) is 28.1 Å². The average molecular weight is 599 g/mol. The van der Waals surface area contributed by atoms with E-state index in [1.807, 2.05) is 6.08 Å². The van der Waals surface area contributed by atoms with E-state index in [9.17, 15) is 40.7 Å². The van der Waals surface area contributed by atoms with E-state index in [1.165, 1.54) is 36.1 Å². The number of rotatable bonds is 6. The number of halogens is 5. The van der Waals surface area contributed by atoms with Crippen LogP contribution in [0.5, 0.6) is 0 Å². The van der Waals surface area contributed by atoms with E-state index in [4.69, 9.17) is 0 Å². The minimum Gasteiger partial charge on any atom is -0.390 e. The highest BCUT2D eigenvalue weighted by molar-refractivity contribution is 7.90. The first-order chi connectivity index (χ1) is 19.0. The van der Waals surface area contributed by atoms with Crippen molar-refractivity contribution in [2.45, 2.75) is 61.0 Å². The van der Waals surface area contributed by atoms with Gasteiger partial charge in [-0.15, -0.1) is 0 Å². The minimum absolute atomic E-state index is 0.0362. The highest BCUT2D eigenvalue weighted by Crippen LogP contribution is 2.47. The number of fused-ring (bicyclic) bond motifs is 1. The Morgan fingerprint density at radius 1 is 1.10 bits per heavy atom. The third kappa shape index (κ3) is 5.49. The van der Waals surface area contributed by atoms with Gasteiger partial charge in [0, 0.05) is 23.3 Å². The first kappa shape index (κ1) is 29.2. The minimum atomic E-state index is -5.13. The summed E-state index contributed by atoms with van der Waals surface area (Å²) in [5, 5.41) is 12.9. The van der Waals surface area contributed by atoms with Gasteiger partial charge in [-0.3, -0.25) is 9.59 Å². The molecule has 4 atom stereocenters. The highest BCUT2D eigenvalue weighted by Gasteiger charge is 2.50. The Labute approximate surface area is 233 Å². The second-order valence-corrected chi connectivity index (χ2v) is 13.3. The Morgan fingerprint density at radius 3 is 2.34 bits per heavy atom. The van der Waals surface area contributed by atoms with Crippen LogP contribution in [0.1, 0.15) is 53.7 Å². The molecule has 1 aliphatic heterocycles. The second kappa shape index (κ2) is 9.90. The molecule has 220 valence electrons. The summed E-state index contributed by atoms with van der Waals surface area (Å²) in [5.41, 5.74) is -3.40. The van der Waals surface area contributed by atoms with Crippen molar-refractivity contribution in [3.8, 4) is 0 Å². The van der Waals surface area contributed by atoms with E-state index in [2.05, 4.69) is 5.32 Å². The lowest BCUT2D eigenvalue weighted by Crippen LogP contribution is -2.53. The van der Waals surface area contributed by atoms with Crippen molar-refractivity contribution in [3.63, 3.8) is 0 Å². The van der Waals surface area contributed by atoms with Crippen LogP contribution in [0.15, 0.2) is 53.4 Å². The lowest BCUT2D eigenvalue weighted by molar-refractivity contribution is -0.140. The van der Waals surface area contributed by atoms with E-state index in [0.29, 0.717) is 6.07 Å². The molecule has 13 heteroatoms. The molecule has 7 nitrogen and oxygen atoms in total. The van der Waals surface area contributed by atoms with Crippen LogP contribution in [0, 0.1) is 23.5 Å². The lowest BCUT2D eigenvalue weighted by atomic mass is 9.67. The van der Waals surface area contributed by atoms with E-state index in [0.717, 1.165) is 6.26 Å². The first-order valence-electron chi connectivity index (χ1n) is 12.9. The Morgan fingerprint density at radius 2 is 1.78 bits per heavy atom. The first-order valence-corrected chi connectivity index (χ1v) is 14.8. The monoisotopic (exact) mass is 598 g/mol. The Kier molecular flexibility index (Phi) is 7.05. The van der Waals surface area contributed by atoms with Crippen LogP contribution in [0.3, 0.4) is 0 Å². The van der Waals surface area contributed by atoms with Crippen LogP contribution in [-0.4, -0.2) is 54.2 Å². The van der Waals surface area contributed by atoms with E-state index in [1.54, 1.807) is 6.08 Å². The molecule has 0 unspecified atom stereocenters. The number of nitrogens with zero attached hydrogens (tertiary/aromatic N) is 1. The van der Waals surface area contributed by atoms with Gasteiger partial charge in [0.15, 0.2) is 9.84 Å². The molecule has 2 N–H and O–H groups in total. The van der Waals surface area contributed by atoms with Crippen molar-refractivity contribution in [3.05, 3.63) is 76.9 Å². The van der Waals surface area contributed by atoms with Crippen LogP contribution in [0.25, 0.3) is 0 Å². The van der Waals surface area contributed by atoms with Gasteiger partial charge in [0.25, 0.3) is 5.91 Å². The molecule has 0 spiro atoms. The summed E-state index contributed by atoms with van der Waals surface area (Å²) in [5.74, 6) is -5.20. The quantitative estimate of drug-likeness (QED) is 0.384. The molecule has 5 rings (SSSR count). The molecule has 1 saturated heterocycles. The number of likely N-dealkylation sites (tertiary alicyclic amines) is 1. The predicted molar refractivity (Wildman–Crippen MR) is 136 cm³/mol. The van der Waals surface area contributed by atoms with Crippen LogP contribution < -0.4 is 5.32 Å². The average Bonchev–Trinajstić information content (AvgIpc) is 3.10. The maximum Gasteiger partial charge on any atom is 0.419 e. The summed E-state index contributed by atoms with van der Waals surface area (Å²) in [6.45, 7) is 1.51. The molecule has 1 heterocycles. The van der Waals surface area contributed by atoms with Gasteiger partial charge in [-0.2, -0.15) is 13.2 Å². The molecule has 3 aliphatic rings. The summed E-state index contributed by atoms with van der Waals surface area (Å²) < 4.78 is 93.0. The summed E-state index contributed by atoms with van der Waals surface area (Å²) in [6, 6.07) is 3.01. The maximum absolute atomic E-state index is 15.0. The lowest BCUT2D eigenvalue weighted by Gasteiger charge is -2.45. The molecule has 2 aliphatic carbocycles. The van der Waals surface area contributed by atoms with Gasteiger partial charge in [0.1, 0.15) is 17.7 Å². The third-order valence-electron chi connectivity index (χ3n) is 8.09. The molecule has 0 aromatic heterocycles. The van der Waals surface area contributed by atoms with Gasteiger partial charge in [-0.05, 0) is 62.4 Å². The zero-order valence-corrected chi connectivity index (χ0v) is 22.8. The zero-order valence-electron chi connectivity index (χ0n) is 22.0. The third-order valence-corrected chi connectivity index (χ3v) is 9.20. The number of hydrogen-bond acceptors (Lipinski definition) is 5. The number of amides is 2. The van der Waals surface area contributed by atoms with Crippen molar-refractivity contribution in [1.29, 1.82) is 0 Å². The van der Waals surface area contributed by atoms with Crippen molar-refractivity contribution in [2.24, 2.45) is 11.8 Å². The number of carbonyl (C=O) groups is 2. The van der Waals surface area contributed by atoms with Gasteiger partial charge >= 0.3 is 6.18 Å². The molecule has 41 heavy (non-hydrogen) atoms. The molecular formula is C28H27F5N2O5S. The molecule has 2 fully saturated rings. The molecule has 2 amide bonds. The molecule has 2 aromatic rings. The van der Waals surface area contributed by atoms with Crippen molar-refractivity contribution >= 4 is 21.7 Å². The predicted octanol–water partition coefficient (Wildman–Crippen LogP) is 4.17. The Hall–Kier alpha value is -3.32. The molecule has 2 aromatic carbocycles.